The molecule has 1 amide bonds. The number of aromatic nitrogens is 2. The quantitative estimate of drug-likeness (QED) is 0.0334. The smallest absolute Gasteiger partial charge is 0.301 e. The fraction of sp³-hybridized carbons (Fsp3) is 0.333. The molecule has 0 radical (unpaired) electrons. The summed E-state index contributed by atoms with van der Waals surface area (Å²) in [5.41, 5.74) is 3.19. The van der Waals surface area contributed by atoms with Crippen molar-refractivity contribution in [3.8, 4) is 17.2 Å². The summed E-state index contributed by atoms with van der Waals surface area (Å²) < 4.78 is 18.0. The number of unbranched alkanes of at least 4 members (excludes halogenated alkanes) is 2. The fourth-order valence-corrected chi connectivity index (χ4v) is 6.95. The second-order valence-corrected chi connectivity index (χ2v) is 13.3. The van der Waals surface area contributed by atoms with Crippen LogP contribution in [0.4, 0.5) is 5.13 Å². The lowest BCUT2D eigenvalue weighted by atomic mass is 9.95. The van der Waals surface area contributed by atoms with Gasteiger partial charge in [0.15, 0.2) is 15.8 Å². The summed E-state index contributed by atoms with van der Waals surface area (Å²) in [6.45, 7) is 7.28. The van der Waals surface area contributed by atoms with Crippen LogP contribution in [0.5, 0.6) is 17.2 Å². The molecule has 1 aliphatic heterocycles. The third kappa shape index (κ3) is 7.97. The van der Waals surface area contributed by atoms with Gasteiger partial charge in [-0.05, 0) is 67.3 Å². The van der Waals surface area contributed by atoms with E-state index < -0.39 is 17.7 Å². The van der Waals surface area contributed by atoms with Crippen LogP contribution in [0.15, 0.2) is 76.6 Å². The monoisotopic (exact) mass is 673 g/mol. The number of ketones is 1. The molecule has 1 aromatic heterocycles. The highest BCUT2D eigenvalue weighted by atomic mass is 32.2. The third-order valence-electron chi connectivity index (χ3n) is 7.64. The molecule has 4 aromatic rings. The summed E-state index contributed by atoms with van der Waals surface area (Å²) in [7, 11) is 1.54. The van der Waals surface area contributed by atoms with Crippen LogP contribution in [-0.4, -0.2) is 47.3 Å². The molecule has 1 aliphatic rings. The van der Waals surface area contributed by atoms with E-state index in [-0.39, 0.29) is 16.5 Å². The number of aryl methyl sites for hydroxylation is 1. The number of thioether (sulfide) groups is 1. The maximum absolute atomic E-state index is 13.7. The largest absolute Gasteiger partial charge is 0.507 e. The zero-order valence-corrected chi connectivity index (χ0v) is 28.7. The Morgan fingerprint density at radius 1 is 0.915 bits per heavy atom. The van der Waals surface area contributed by atoms with E-state index in [9.17, 15) is 14.7 Å². The minimum absolute atomic E-state index is 0.0556. The summed E-state index contributed by atoms with van der Waals surface area (Å²) in [5.74, 6) is 0.406. The number of nitrogens with zero attached hydrogens (tertiary/aromatic N) is 3. The molecule has 0 spiro atoms. The molecular formula is C36H39N3O6S2. The van der Waals surface area contributed by atoms with Crippen molar-refractivity contribution in [2.45, 2.75) is 62.6 Å². The number of aliphatic hydroxyl groups is 1. The van der Waals surface area contributed by atoms with Gasteiger partial charge in [-0.25, -0.2) is 0 Å². The minimum Gasteiger partial charge on any atom is -0.507 e. The van der Waals surface area contributed by atoms with E-state index >= 15 is 0 Å². The van der Waals surface area contributed by atoms with Crippen molar-refractivity contribution in [1.82, 2.24) is 10.2 Å². The Labute approximate surface area is 283 Å². The van der Waals surface area contributed by atoms with Crippen LogP contribution in [0.3, 0.4) is 0 Å². The third-order valence-corrected chi connectivity index (χ3v) is 9.77. The van der Waals surface area contributed by atoms with Crippen molar-refractivity contribution in [3.05, 3.63) is 94.6 Å². The zero-order valence-electron chi connectivity index (χ0n) is 27.0. The Morgan fingerprint density at radius 3 is 2.38 bits per heavy atom. The highest BCUT2D eigenvalue weighted by molar-refractivity contribution is 8.00. The molecule has 9 nitrogen and oxygen atoms in total. The van der Waals surface area contributed by atoms with Gasteiger partial charge in [0.05, 0.1) is 31.9 Å². The molecule has 0 aliphatic carbocycles. The Balaban J connectivity index is 1.52. The Bertz CT molecular complexity index is 1720. The molecule has 1 saturated heterocycles. The van der Waals surface area contributed by atoms with Crippen LogP contribution in [0.2, 0.25) is 0 Å². The lowest BCUT2D eigenvalue weighted by molar-refractivity contribution is -0.132. The summed E-state index contributed by atoms with van der Waals surface area (Å²) >= 11 is 2.72. The van der Waals surface area contributed by atoms with Gasteiger partial charge in [-0.2, -0.15) is 0 Å². The molecule has 1 fully saturated rings. The second-order valence-electron chi connectivity index (χ2n) is 11.1. The predicted molar refractivity (Wildman–Crippen MR) is 186 cm³/mol. The van der Waals surface area contributed by atoms with Gasteiger partial charge < -0.3 is 19.3 Å². The van der Waals surface area contributed by atoms with E-state index in [1.165, 1.54) is 33.6 Å². The SMILES string of the molecule is CCCCCOc1ccc(C2/C(=C(/O)c3ccc(OCCC)cc3)C(=O)C(=O)N2c2nnc(SCc3ccc(C)cc3)s2)cc1OC. The number of hydrogen-bond acceptors (Lipinski definition) is 10. The number of Topliss-reactive ketones (excluding diaryl/α,β-unsaturated/α-hetero) is 1. The van der Waals surface area contributed by atoms with Crippen LogP contribution < -0.4 is 19.1 Å². The molecule has 11 heteroatoms. The van der Waals surface area contributed by atoms with Crippen molar-refractivity contribution < 1.29 is 28.9 Å². The Hall–Kier alpha value is -4.35. The topological polar surface area (TPSA) is 111 Å². The average Bonchev–Trinajstić information content (AvgIpc) is 3.66. The van der Waals surface area contributed by atoms with Gasteiger partial charge in [0.2, 0.25) is 5.13 Å². The van der Waals surface area contributed by atoms with Gasteiger partial charge in [-0.1, -0.05) is 85.7 Å². The second kappa shape index (κ2) is 16.0. The van der Waals surface area contributed by atoms with E-state index in [4.69, 9.17) is 14.2 Å². The maximum Gasteiger partial charge on any atom is 0.301 e. The molecule has 5 rings (SSSR count). The first-order valence-corrected chi connectivity index (χ1v) is 17.5. The number of anilines is 1. The molecule has 2 heterocycles. The normalized spacial score (nSPS) is 15.7. The van der Waals surface area contributed by atoms with Gasteiger partial charge in [-0.3, -0.25) is 14.5 Å². The Morgan fingerprint density at radius 2 is 1.68 bits per heavy atom. The average molecular weight is 674 g/mol. The number of benzene rings is 3. The number of carbonyl (C=O) groups is 2. The van der Waals surface area contributed by atoms with Crippen LogP contribution in [0.1, 0.15) is 67.8 Å². The van der Waals surface area contributed by atoms with Gasteiger partial charge in [0.25, 0.3) is 5.78 Å². The molecule has 1 N–H and O–H groups in total. The van der Waals surface area contributed by atoms with Crippen molar-refractivity contribution in [3.63, 3.8) is 0 Å². The van der Waals surface area contributed by atoms with Gasteiger partial charge in [-0.15, -0.1) is 10.2 Å². The van der Waals surface area contributed by atoms with Crippen LogP contribution >= 0.6 is 23.1 Å². The van der Waals surface area contributed by atoms with E-state index in [2.05, 4.69) is 41.4 Å². The van der Waals surface area contributed by atoms with Crippen molar-refractivity contribution in [2.24, 2.45) is 0 Å². The number of carbonyl (C=O) groups excluding carboxylic acids is 2. The van der Waals surface area contributed by atoms with Crippen LogP contribution in [0.25, 0.3) is 5.76 Å². The number of methoxy groups -OCH3 is 1. The molecule has 47 heavy (non-hydrogen) atoms. The summed E-state index contributed by atoms with van der Waals surface area (Å²) in [4.78, 5) is 28.8. The number of hydrogen-bond donors (Lipinski definition) is 1. The van der Waals surface area contributed by atoms with Crippen molar-refractivity contribution in [1.29, 1.82) is 0 Å². The summed E-state index contributed by atoms with van der Waals surface area (Å²) in [6.07, 6.45) is 3.89. The maximum atomic E-state index is 13.7. The van der Waals surface area contributed by atoms with E-state index in [0.29, 0.717) is 51.7 Å². The predicted octanol–water partition coefficient (Wildman–Crippen LogP) is 8.13. The summed E-state index contributed by atoms with van der Waals surface area (Å²) in [6, 6.07) is 19.3. The number of aliphatic hydroxyl groups excluding tert-OH is 1. The highest BCUT2D eigenvalue weighted by Gasteiger charge is 2.48. The van der Waals surface area contributed by atoms with Crippen LogP contribution in [0, 0.1) is 6.92 Å². The molecule has 3 aromatic carbocycles. The first-order chi connectivity index (χ1) is 22.8. The van der Waals surface area contributed by atoms with Crippen molar-refractivity contribution >= 4 is 45.7 Å². The molecular weight excluding hydrogens is 635 g/mol. The van der Waals surface area contributed by atoms with Gasteiger partial charge in [0.1, 0.15) is 11.5 Å². The van der Waals surface area contributed by atoms with Crippen molar-refractivity contribution in [2.75, 3.05) is 25.2 Å². The van der Waals surface area contributed by atoms with Gasteiger partial charge >= 0.3 is 5.91 Å². The Kier molecular flexibility index (Phi) is 11.6. The first kappa shape index (κ1) is 34.0. The lowest BCUT2D eigenvalue weighted by Crippen LogP contribution is -2.29. The minimum atomic E-state index is -0.989. The lowest BCUT2D eigenvalue weighted by Gasteiger charge is -2.23. The molecule has 0 saturated carbocycles. The van der Waals surface area contributed by atoms with E-state index in [1.54, 1.807) is 49.6 Å². The number of amides is 1. The standard InChI is InChI=1S/C36H39N3O6S2/c1-5-7-8-20-45-28-18-15-26(21-29(28)43-4)31-30(32(40)25-13-16-27(17-14-25)44-19-6-2)33(41)34(42)39(31)35-37-38-36(47-35)46-22-24-11-9-23(3)10-12-24/h9-18,21,31,40H,5-8,19-20,22H2,1-4H3/b32-30-. The first-order valence-electron chi connectivity index (χ1n) is 15.7. The highest BCUT2D eigenvalue weighted by Crippen LogP contribution is 2.45. The molecule has 246 valence electrons. The molecule has 1 atom stereocenters. The fourth-order valence-electron chi connectivity index (χ4n) is 5.12. The molecule has 0 bridgehead atoms. The van der Waals surface area contributed by atoms with Gasteiger partial charge in [0, 0.05) is 11.3 Å². The summed E-state index contributed by atoms with van der Waals surface area (Å²) in [5, 5.41) is 20.5. The number of rotatable bonds is 15. The number of ether oxygens (including phenoxy) is 3. The zero-order chi connectivity index (χ0) is 33.3. The van der Waals surface area contributed by atoms with E-state index in [1.807, 2.05) is 13.8 Å². The van der Waals surface area contributed by atoms with E-state index in [0.717, 1.165) is 31.2 Å². The molecule has 1 unspecified atom stereocenters. The van der Waals surface area contributed by atoms with Crippen LogP contribution in [-0.2, 0) is 15.3 Å².